The second-order valence-corrected chi connectivity index (χ2v) is 6.12. The Kier molecular flexibility index (Phi) is 5.60. The molecule has 1 aliphatic rings. The molecule has 2 amide bonds. The van der Waals surface area contributed by atoms with Crippen LogP contribution in [0.15, 0.2) is 24.3 Å². The predicted molar refractivity (Wildman–Crippen MR) is 87.4 cm³/mol. The summed E-state index contributed by atoms with van der Waals surface area (Å²) < 4.78 is 5.29. The molecule has 1 aromatic carbocycles. The Morgan fingerprint density at radius 2 is 2.00 bits per heavy atom. The molecular formula is C17H24N2O4. The van der Waals surface area contributed by atoms with Gasteiger partial charge in [0, 0.05) is 13.1 Å². The lowest BCUT2D eigenvalue weighted by Gasteiger charge is -2.35. The molecule has 0 bridgehead atoms. The molecule has 0 spiro atoms. The number of carbonyl (C=O) groups excluding carboxylic acids is 2. The van der Waals surface area contributed by atoms with Gasteiger partial charge in [0.1, 0.15) is 18.4 Å². The van der Waals surface area contributed by atoms with Crippen LogP contribution in [0, 0.1) is 5.92 Å². The molecular weight excluding hydrogens is 296 g/mol. The molecule has 0 saturated carbocycles. The SMILES string of the molecule is COc1ccccc1N1CCN(C(=O)C(O)CC(C)C)CC1=O. The van der Waals surface area contributed by atoms with Crippen LogP contribution >= 0.6 is 0 Å². The summed E-state index contributed by atoms with van der Waals surface area (Å²) in [6.07, 6.45) is -0.639. The Morgan fingerprint density at radius 3 is 2.61 bits per heavy atom. The van der Waals surface area contributed by atoms with Crippen molar-refractivity contribution in [1.29, 1.82) is 0 Å². The zero-order valence-corrected chi connectivity index (χ0v) is 13.9. The normalized spacial score (nSPS) is 16.7. The molecule has 1 N–H and O–H groups in total. The molecule has 0 aromatic heterocycles. The van der Waals surface area contributed by atoms with Crippen LogP contribution < -0.4 is 9.64 Å². The molecule has 1 aliphatic heterocycles. The van der Waals surface area contributed by atoms with E-state index in [-0.39, 0.29) is 24.3 Å². The summed E-state index contributed by atoms with van der Waals surface area (Å²) in [6, 6.07) is 7.30. The first kappa shape index (κ1) is 17.3. The molecule has 1 heterocycles. The molecule has 126 valence electrons. The van der Waals surface area contributed by atoms with Gasteiger partial charge in [-0.2, -0.15) is 0 Å². The highest BCUT2D eigenvalue weighted by molar-refractivity contribution is 5.99. The van der Waals surface area contributed by atoms with Gasteiger partial charge in [-0.05, 0) is 24.5 Å². The molecule has 0 aliphatic carbocycles. The quantitative estimate of drug-likeness (QED) is 0.887. The number of hydrogen-bond donors (Lipinski definition) is 1. The van der Waals surface area contributed by atoms with Gasteiger partial charge in [0.05, 0.1) is 12.8 Å². The fourth-order valence-electron chi connectivity index (χ4n) is 2.73. The number of para-hydroxylation sites is 2. The van der Waals surface area contributed by atoms with E-state index in [1.54, 1.807) is 18.1 Å². The number of aliphatic hydroxyl groups is 1. The van der Waals surface area contributed by atoms with Gasteiger partial charge in [0.2, 0.25) is 5.91 Å². The maximum atomic E-state index is 12.4. The minimum Gasteiger partial charge on any atom is -0.495 e. The van der Waals surface area contributed by atoms with Gasteiger partial charge in [-0.15, -0.1) is 0 Å². The molecule has 2 rings (SSSR count). The zero-order chi connectivity index (χ0) is 17.0. The van der Waals surface area contributed by atoms with Crippen LogP contribution in [0.3, 0.4) is 0 Å². The second-order valence-electron chi connectivity index (χ2n) is 6.12. The number of aliphatic hydroxyl groups excluding tert-OH is 1. The predicted octanol–water partition coefficient (Wildman–Crippen LogP) is 1.28. The summed E-state index contributed by atoms with van der Waals surface area (Å²) in [7, 11) is 1.56. The number of nitrogens with zero attached hydrogens (tertiary/aromatic N) is 2. The van der Waals surface area contributed by atoms with Gasteiger partial charge < -0.3 is 19.6 Å². The largest absolute Gasteiger partial charge is 0.495 e. The van der Waals surface area contributed by atoms with Crippen molar-refractivity contribution in [2.45, 2.75) is 26.4 Å². The van der Waals surface area contributed by atoms with Gasteiger partial charge >= 0.3 is 0 Å². The molecule has 1 saturated heterocycles. The first-order valence-electron chi connectivity index (χ1n) is 7.84. The summed E-state index contributed by atoms with van der Waals surface area (Å²) in [6.45, 7) is 4.66. The number of rotatable bonds is 5. The Bertz CT molecular complexity index is 573. The second kappa shape index (κ2) is 7.46. The van der Waals surface area contributed by atoms with Gasteiger partial charge in [0.25, 0.3) is 5.91 Å². The smallest absolute Gasteiger partial charge is 0.251 e. The topological polar surface area (TPSA) is 70.1 Å². The third-order valence-electron chi connectivity index (χ3n) is 3.89. The van der Waals surface area contributed by atoms with E-state index in [9.17, 15) is 14.7 Å². The standard InChI is InChI=1S/C17H24N2O4/c1-12(2)10-14(20)17(22)18-8-9-19(16(21)11-18)13-6-4-5-7-15(13)23-3/h4-7,12,14,20H,8-11H2,1-3H3. The highest BCUT2D eigenvalue weighted by Crippen LogP contribution is 2.29. The van der Waals surface area contributed by atoms with Crippen molar-refractivity contribution in [3.05, 3.63) is 24.3 Å². The number of methoxy groups -OCH3 is 1. The Morgan fingerprint density at radius 1 is 1.30 bits per heavy atom. The van der Waals surface area contributed by atoms with E-state index >= 15 is 0 Å². The average Bonchev–Trinajstić information content (AvgIpc) is 2.53. The Labute approximate surface area is 136 Å². The number of benzene rings is 1. The van der Waals surface area contributed by atoms with Crippen molar-refractivity contribution >= 4 is 17.5 Å². The minimum absolute atomic E-state index is 0.0218. The monoisotopic (exact) mass is 320 g/mol. The van der Waals surface area contributed by atoms with Crippen LogP contribution in [-0.4, -0.2) is 54.7 Å². The van der Waals surface area contributed by atoms with Crippen LogP contribution in [0.5, 0.6) is 5.75 Å². The zero-order valence-electron chi connectivity index (χ0n) is 13.9. The van der Waals surface area contributed by atoms with E-state index in [4.69, 9.17) is 4.74 Å². The third kappa shape index (κ3) is 4.01. The number of amides is 2. The fourth-order valence-corrected chi connectivity index (χ4v) is 2.73. The van der Waals surface area contributed by atoms with E-state index in [1.807, 2.05) is 32.0 Å². The highest BCUT2D eigenvalue weighted by atomic mass is 16.5. The number of piperazine rings is 1. The van der Waals surface area contributed by atoms with Crippen LogP contribution in [0.25, 0.3) is 0 Å². The van der Waals surface area contributed by atoms with Crippen molar-refractivity contribution in [3.63, 3.8) is 0 Å². The molecule has 1 atom stereocenters. The number of hydrogen-bond acceptors (Lipinski definition) is 4. The first-order valence-corrected chi connectivity index (χ1v) is 7.84. The summed E-state index contributed by atoms with van der Waals surface area (Å²) in [4.78, 5) is 27.7. The van der Waals surface area contributed by atoms with E-state index in [1.165, 1.54) is 4.90 Å². The van der Waals surface area contributed by atoms with Crippen LogP contribution in [0.2, 0.25) is 0 Å². The van der Waals surface area contributed by atoms with Gasteiger partial charge in [0.15, 0.2) is 0 Å². The molecule has 6 nitrogen and oxygen atoms in total. The van der Waals surface area contributed by atoms with Crippen molar-refractivity contribution in [1.82, 2.24) is 4.90 Å². The average molecular weight is 320 g/mol. The molecule has 1 unspecified atom stereocenters. The summed E-state index contributed by atoms with van der Waals surface area (Å²) in [5.74, 6) is 0.303. The molecule has 6 heteroatoms. The highest BCUT2D eigenvalue weighted by Gasteiger charge is 2.32. The number of ether oxygens (including phenoxy) is 1. The Balaban J connectivity index is 2.05. The van der Waals surface area contributed by atoms with Gasteiger partial charge in [-0.25, -0.2) is 0 Å². The van der Waals surface area contributed by atoms with E-state index in [2.05, 4.69) is 0 Å². The third-order valence-corrected chi connectivity index (χ3v) is 3.89. The van der Waals surface area contributed by atoms with Crippen LogP contribution in [0.4, 0.5) is 5.69 Å². The molecule has 0 radical (unpaired) electrons. The molecule has 23 heavy (non-hydrogen) atoms. The van der Waals surface area contributed by atoms with Crippen molar-refractivity contribution < 1.29 is 19.4 Å². The molecule has 1 aromatic rings. The van der Waals surface area contributed by atoms with Crippen molar-refractivity contribution in [2.75, 3.05) is 31.6 Å². The fraction of sp³-hybridized carbons (Fsp3) is 0.529. The van der Waals surface area contributed by atoms with Gasteiger partial charge in [-0.3, -0.25) is 9.59 Å². The lowest BCUT2D eigenvalue weighted by atomic mass is 10.0. The molecule has 1 fully saturated rings. The van der Waals surface area contributed by atoms with Crippen LogP contribution in [-0.2, 0) is 9.59 Å². The van der Waals surface area contributed by atoms with E-state index in [0.717, 1.165) is 0 Å². The van der Waals surface area contributed by atoms with Crippen LogP contribution in [0.1, 0.15) is 20.3 Å². The van der Waals surface area contributed by atoms with Gasteiger partial charge in [-0.1, -0.05) is 26.0 Å². The lowest BCUT2D eigenvalue weighted by molar-refractivity contribution is -0.144. The van der Waals surface area contributed by atoms with Crippen molar-refractivity contribution in [2.24, 2.45) is 5.92 Å². The maximum absolute atomic E-state index is 12.4. The summed E-state index contributed by atoms with van der Waals surface area (Å²) in [5.41, 5.74) is 0.704. The minimum atomic E-state index is -1.04. The summed E-state index contributed by atoms with van der Waals surface area (Å²) in [5, 5.41) is 9.96. The number of carbonyl (C=O) groups is 2. The maximum Gasteiger partial charge on any atom is 0.251 e. The lowest BCUT2D eigenvalue weighted by Crippen LogP contribution is -2.54. The summed E-state index contributed by atoms with van der Waals surface area (Å²) >= 11 is 0. The number of anilines is 1. The first-order chi connectivity index (χ1) is 10.9. The van der Waals surface area contributed by atoms with E-state index < -0.39 is 6.10 Å². The van der Waals surface area contributed by atoms with Crippen molar-refractivity contribution in [3.8, 4) is 5.75 Å². The van der Waals surface area contributed by atoms with E-state index in [0.29, 0.717) is 30.9 Å². The Hall–Kier alpha value is -2.08.